The van der Waals surface area contributed by atoms with Gasteiger partial charge in [0, 0.05) is 25.2 Å². The summed E-state index contributed by atoms with van der Waals surface area (Å²) in [5.41, 5.74) is 1.44. The van der Waals surface area contributed by atoms with E-state index in [-0.39, 0.29) is 18.9 Å². The molecule has 2 amide bonds. The van der Waals surface area contributed by atoms with E-state index in [2.05, 4.69) is 5.32 Å². The average molecular weight is 421 g/mol. The fraction of sp³-hybridized carbons (Fsp3) is 0.250. The first kappa shape index (κ1) is 20.2. The highest BCUT2D eigenvalue weighted by Gasteiger charge is 2.35. The summed E-state index contributed by atoms with van der Waals surface area (Å²) in [6, 6.07) is 14.2. The third-order valence-electron chi connectivity index (χ3n) is 4.31. The zero-order chi connectivity index (χ0) is 20.1. The molecule has 0 saturated carbocycles. The van der Waals surface area contributed by atoms with E-state index < -0.39 is 24.4 Å². The first-order chi connectivity index (χ1) is 13.4. The number of hydrogen-bond donors (Lipinski definition) is 1. The minimum absolute atomic E-state index is 0.0834. The Morgan fingerprint density at radius 3 is 2.57 bits per heavy atom. The smallest absolute Gasteiger partial charge is 0.311 e. The van der Waals surface area contributed by atoms with Crippen LogP contribution in [0.4, 0.5) is 5.69 Å². The molecule has 0 spiro atoms. The standard InChI is InChI=1S/C20H18Cl2N2O4/c21-16-7-6-15(9-17(16)22)23-18(25)12-28-20(27)14-8-19(26)24(11-14)10-13-4-2-1-3-5-13/h1-7,9,14H,8,10-12H2,(H,23,25)/t14-/m0/s1. The Kier molecular flexibility index (Phi) is 6.54. The van der Waals surface area contributed by atoms with Crippen molar-refractivity contribution in [3.63, 3.8) is 0 Å². The van der Waals surface area contributed by atoms with Gasteiger partial charge in [-0.1, -0.05) is 53.5 Å². The number of amides is 2. The van der Waals surface area contributed by atoms with E-state index in [0.717, 1.165) is 5.56 Å². The van der Waals surface area contributed by atoms with Crippen LogP contribution in [0.15, 0.2) is 48.5 Å². The van der Waals surface area contributed by atoms with E-state index in [4.69, 9.17) is 27.9 Å². The largest absolute Gasteiger partial charge is 0.455 e. The SMILES string of the molecule is O=C(COC(=O)[C@H]1CC(=O)N(Cc2ccccc2)C1)Nc1ccc(Cl)c(Cl)c1. The minimum atomic E-state index is -0.575. The monoisotopic (exact) mass is 420 g/mol. The van der Waals surface area contributed by atoms with Gasteiger partial charge in [-0.15, -0.1) is 0 Å². The molecular weight excluding hydrogens is 403 g/mol. The molecule has 2 aromatic carbocycles. The van der Waals surface area contributed by atoms with Crippen molar-refractivity contribution in [1.29, 1.82) is 0 Å². The van der Waals surface area contributed by atoms with Gasteiger partial charge >= 0.3 is 5.97 Å². The van der Waals surface area contributed by atoms with Crippen molar-refractivity contribution < 1.29 is 19.1 Å². The molecule has 1 aliphatic rings. The Morgan fingerprint density at radius 1 is 1.11 bits per heavy atom. The number of likely N-dealkylation sites (tertiary alicyclic amines) is 1. The van der Waals surface area contributed by atoms with E-state index >= 15 is 0 Å². The molecular formula is C20H18Cl2N2O4. The number of nitrogens with one attached hydrogen (secondary N) is 1. The van der Waals surface area contributed by atoms with Crippen LogP contribution in [0.5, 0.6) is 0 Å². The third-order valence-corrected chi connectivity index (χ3v) is 5.05. The first-order valence-corrected chi connectivity index (χ1v) is 9.41. The van der Waals surface area contributed by atoms with Crippen molar-refractivity contribution in [2.24, 2.45) is 5.92 Å². The Balaban J connectivity index is 1.47. The summed E-state index contributed by atoms with van der Waals surface area (Å²) in [6.45, 7) is 0.282. The van der Waals surface area contributed by atoms with Gasteiger partial charge in [0.05, 0.1) is 16.0 Å². The van der Waals surface area contributed by atoms with Crippen LogP contribution >= 0.6 is 23.2 Å². The predicted molar refractivity (Wildman–Crippen MR) is 106 cm³/mol. The molecule has 1 N–H and O–H groups in total. The van der Waals surface area contributed by atoms with E-state index in [1.54, 1.807) is 17.0 Å². The lowest BCUT2D eigenvalue weighted by molar-refractivity contribution is -0.151. The van der Waals surface area contributed by atoms with Crippen LogP contribution in [0.2, 0.25) is 10.0 Å². The van der Waals surface area contributed by atoms with Gasteiger partial charge in [-0.05, 0) is 23.8 Å². The Bertz CT molecular complexity index is 889. The van der Waals surface area contributed by atoms with Crippen molar-refractivity contribution in [2.45, 2.75) is 13.0 Å². The van der Waals surface area contributed by atoms with E-state index in [0.29, 0.717) is 22.3 Å². The third kappa shape index (κ3) is 5.24. The number of ether oxygens (including phenoxy) is 1. The van der Waals surface area contributed by atoms with Crippen molar-refractivity contribution >= 4 is 46.7 Å². The highest BCUT2D eigenvalue weighted by Crippen LogP contribution is 2.25. The van der Waals surface area contributed by atoms with Crippen molar-refractivity contribution in [1.82, 2.24) is 4.90 Å². The molecule has 8 heteroatoms. The normalized spacial score (nSPS) is 16.1. The van der Waals surface area contributed by atoms with Gasteiger partial charge in [0.15, 0.2) is 6.61 Å². The molecule has 1 aliphatic heterocycles. The molecule has 0 aromatic heterocycles. The molecule has 0 unspecified atom stereocenters. The zero-order valence-electron chi connectivity index (χ0n) is 14.9. The number of rotatable bonds is 6. The highest BCUT2D eigenvalue weighted by molar-refractivity contribution is 6.42. The minimum Gasteiger partial charge on any atom is -0.455 e. The number of anilines is 1. The Labute approximate surface area is 172 Å². The predicted octanol–water partition coefficient (Wildman–Crippen LogP) is 3.52. The molecule has 1 fully saturated rings. The molecule has 3 rings (SSSR count). The number of benzene rings is 2. The lowest BCUT2D eigenvalue weighted by Crippen LogP contribution is -2.28. The van der Waals surface area contributed by atoms with Crippen LogP contribution in [-0.2, 0) is 25.7 Å². The Morgan fingerprint density at radius 2 is 1.86 bits per heavy atom. The van der Waals surface area contributed by atoms with E-state index in [9.17, 15) is 14.4 Å². The molecule has 2 aromatic rings. The van der Waals surface area contributed by atoms with Gasteiger partial charge in [-0.2, -0.15) is 0 Å². The van der Waals surface area contributed by atoms with Gasteiger partial charge in [-0.25, -0.2) is 0 Å². The lowest BCUT2D eigenvalue weighted by Gasteiger charge is -2.16. The summed E-state index contributed by atoms with van der Waals surface area (Å²) < 4.78 is 5.07. The van der Waals surface area contributed by atoms with Crippen LogP contribution in [0, 0.1) is 5.92 Å². The van der Waals surface area contributed by atoms with Gasteiger partial charge < -0.3 is 15.0 Å². The van der Waals surface area contributed by atoms with Crippen molar-refractivity contribution in [3.8, 4) is 0 Å². The summed E-state index contributed by atoms with van der Waals surface area (Å²) in [5, 5.41) is 3.25. The zero-order valence-corrected chi connectivity index (χ0v) is 16.4. The number of carbonyl (C=O) groups is 3. The number of hydrogen-bond acceptors (Lipinski definition) is 4. The maximum atomic E-state index is 12.2. The maximum absolute atomic E-state index is 12.2. The second kappa shape index (κ2) is 9.08. The molecule has 146 valence electrons. The molecule has 1 heterocycles. The van der Waals surface area contributed by atoms with Crippen LogP contribution < -0.4 is 5.32 Å². The lowest BCUT2D eigenvalue weighted by atomic mass is 10.1. The number of carbonyl (C=O) groups excluding carboxylic acids is 3. The Hall–Kier alpha value is -2.57. The summed E-state index contributed by atoms with van der Waals surface area (Å²) in [6.07, 6.45) is 0.0834. The number of halogens is 2. The second-order valence-corrected chi connectivity index (χ2v) is 7.26. The van der Waals surface area contributed by atoms with Crippen LogP contribution in [0.25, 0.3) is 0 Å². The van der Waals surface area contributed by atoms with Gasteiger partial charge in [0.25, 0.3) is 5.91 Å². The average Bonchev–Trinajstić information content (AvgIpc) is 3.04. The molecule has 1 atom stereocenters. The molecule has 0 bridgehead atoms. The molecule has 1 saturated heterocycles. The summed E-state index contributed by atoms with van der Waals surface area (Å²) in [5.74, 6) is -1.74. The van der Waals surface area contributed by atoms with Gasteiger partial charge in [-0.3, -0.25) is 14.4 Å². The van der Waals surface area contributed by atoms with E-state index in [1.807, 2.05) is 30.3 Å². The molecule has 28 heavy (non-hydrogen) atoms. The first-order valence-electron chi connectivity index (χ1n) is 8.65. The van der Waals surface area contributed by atoms with Crippen molar-refractivity contribution in [3.05, 3.63) is 64.1 Å². The summed E-state index contributed by atoms with van der Waals surface area (Å²) in [7, 11) is 0. The molecule has 0 radical (unpaired) electrons. The van der Waals surface area contributed by atoms with Gasteiger partial charge in [0.2, 0.25) is 5.91 Å². The summed E-state index contributed by atoms with van der Waals surface area (Å²) >= 11 is 11.7. The number of esters is 1. The van der Waals surface area contributed by atoms with Crippen LogP contribution in [0.3, 0.4) is 0 Å². The molecule has 6 nitrogen and oxygen atoms in total. The van der Waals surface area contributed by atoms with E-state index in [1.165, 1.54) is 6.07 Å². The summed E-state index contributed by atoms with van der Waals surface area (Å²) in [4.78, 5) is 38.0. The maximum Gasteiger partial charge on any atom is 0.311 e. The highest BCUT2D eigenvalue weighted by atomic mass is 35.5. The van der Waals surface area contributed by atoms with Gasteiger partial charge in [0.1, 0.15) is 0 Å². The number of nitrogens with zero attached hydrogens (tertiary/aromatic N) is 1. The molecule has 0 aliphatic carbocycles. The fourth-order valence-electron chi connectivity index (χ4n) is 2.91. The van der Waals surface area contributed by atoms with Crippen LogP contribution in [0.1, 0.15) is 12.0 Å². The quantitative estimate of drug-likeness (QED) is 0.725. The fourth-order valence-corrected chi connectivity index (χ4v) is 3.21. The van der Waals surface area contributed by atoms with Crippen molar-refractivity contribution in [2.75, 3.05) is 18.5 Å². The topological polar surface area (TPSA) is 75.7 Å². The second-order valence-electron chi connectivity index (χ2n) is 6.45. The van der Waals surface area contributed by atoms with Crippen LogP contribution in [-0.4, -0.2) is 35.8 Å².